The maximum absolute atomic E-state index is 14.4. The summed E-state index contributed by atoms with van der Waals surface area (Å²) in [6, 6.07) is 14.5. The minimum atomic E-state index is -0.752. The number of esters is 1. The maximum atomic E-state index is 14.4. The molecule has 7 nitrogen and oxygen atoms in total. The lowest BCUT2D eigenvalue weighted by molar-refractivity contribution is -0.134. The third-order valence-corrected chi connectivity index (χ3v) is 5.93. The highest BCUT2D eigenvalue weighted by molar-refractivity contribution is 6.33. The molecule has 0 atom stereocenters. The van der Waals surface area contributed by atoms with E-state index in [0.717, 1.165) is 0 Å². The van der Waals surface area contributed by atoms with Gasteiger partial charge in [0.25, 0.3) is 5.91 Å². The molecule has 0 aliphatic carbocycles. The Hall–Kier alpha value is -3.65. The number of ketones is 1. The molecule has 1 amide bonds. The lowest BCUT2D eigenvalue weighted by Gasteiger charge is -2.36. The van der Waals surface area contributed by atoms with E-state index in [0.29, 0.717) is 53.8 Å². The number of furan rings is 1. The Labute approximate surface area is 200 Å². The van der Waals surface area contributed by atoms with Crippen LogP contribution in [-0.4, -0.2) is 55.3 Å². The van der Waals surface area contributed by atoms with Gasteiger partial charge in [0.1, 0.15) is 11.6 Å². The number of ether oxygens (including phenoxy) is 1. The zero-order chi connectivity index (χ0) is 24.2. The molecule has 0 N–H and O–H groups in total. The molecule has 0 unspecified atom stereocenters. The van der Waals surface area contributed by atoms with E-state index in [4.69, 9.17) is 20.8 Å². The number of rotatable bonds is 6. The molecule has 1 fully saturated rings. The molecule has 2 heterocycles. The Bertz CT molecular complexity index is 1230. The summed E-state index contributed by atoms with van der Waals surface area (Å²) in [5.41, 5.74) is 1.34. The van der Waals surface area contributed by atoms with Crippen molar-refractivity contribution in [1.29, 1.82) is 0 Å². The monoisotopic (exact) mass is 484 g/mol. The molecule has 1 saturated heterocycles. The van der Waals surface area contributed by atoms with Gasteiger partial charge in [-0.05, 0) is 49.4 Å². The summed E-state index contributed by atoms with van der Waals surface area (Å²) in [5.74, 6) is -1.39. The summed E-state index contributed by atoms with van der Waals surface area (Å²) < 4.78 is 25.1. The zero-order valence-corrected chi connectivity index (χ0v) is 19.2. The van der Waals surface area contributed by atoms with E-state index in [-0.39, 0.29) is 17.5 Å². The number of piperazine rings is 1. The number of amides is 1. The average Bonchev–Trinajstić information content (AvgIpc) is 3.33. The van der Waals surface area contributed by atoms with E-state index in [1.807, 2.05) is 4.90 Å². The fourth-order valence-electron chi connectivity index (χ4n) is 3.72. The van der Waals surface area contributed by atoms with Crippen molar-refractivity contribution in [3.05, 3.63) is 76.8 Å². The zero-order valence-electron chi connectivity index (χ0n) is 18.4. The summed E-state index contributed by atoms with van der Waals surface area (Å²) in [6.07, 6.45) is 0. The molecule has 1 aliphatic heterocycles. The smallest absolute Gasteiger partial charge is 0.374 e. The minimum Gasteiger partial charge on any atom is -0.450 e. The van der Waals surface area contributed by atoms with E-state index < -0.39 is 18.4 Å². The van der Waals surface area contributed by atoms with Gasteiger partial charge in [0.2, 0.25) is 5.76 Å². The molecular weight excluding hydrogens is 463 g/mol. The Kier molecular flexibility index (Phi) is 6.98. The summed E-state index contributed by atoms with van der Waals surface area (Å²) in [6.45, 7) is 2.48. The fourth-order valence-corrected chi connectivity index (χ4v) is 3.95. The number of anilines is 1. The van der Waals surface area contributed by atoms with Crippen LogP contribution in [0.1, 0.15) is 27.8 Å². The molecule has 3 aromatic rings. The van der Waals surface area contributed by atoms with Crippen molar-refractivity contribution in [2.24, 2.45) is 0 Å². The Balaban J connectivity index is 1.29. The molecule has 0 spiro atoms. The van der Waals surface area contributed by atoms with Crippen LogP contribution in [0.4, 0.5) is 10.1 Å². The number of hydrogen-bond donors (Lipinski definition) is 0. The van der Waals surface area contributed by atoms with Gasteiger partial charge in [-0.1, -0.05) is 23.7 Å². The standard InChI is InChI=1S/C25H22ClFN2O5/c1-16(30)17-6-7-21(20(27)14-17)28-10-12-29(13-11-28)24(31)15-33-25(32)23-9-8-22(34-23)18-4-2-3-5-19(18)26/h2-9,14H,10-13,15H2,1H3. The number of Topliss-reactive ketones (excluding diaryl/α,β-unsaturated/α-hetero) is 1. The van der Waals surface area contributed by atoms with E-state index in [9.17, 15) is 18.8 Å². The van der Waals surface area contributed by atoms with Gasteiger partial charge in [-0.25, -0.2) is 9.18 Å². The fraction of sp³-hybridized carbons (Fsp3) is 0.240. The number of hydrogen-bond acceptors (Lipinski definition) is 6. The lowest BCUT2D eigenvalue weighted by Crippen LogP contribution is -2.50. The first-order chi connectivity index (χ1) is 16.3. The summed E-state index contributed by atoms with van der Waals surface area (Å²) in [5, 5.41) is 0.487. The molecule has 0 radical (unpaired) electrons. The maximum Gasteiger partial charge on any atom is 0.374 e. The van der Waals surface area contributed by atoms with Gasteiger partial charge in [-0.2, -0.15) is 0 Å². The summed E-state index contributed by atoms with van der Waals surface area (Å²) in [4.78, 5) is 39.6. The largest absolute Gasteiger partial charge is 0.450 e. The van der Waals surface area contributed by atoms with Crippen LogP contribution in [-0.2, 0) is 9.53 Å². The first kappa shape index (κ1) is 23.5. The predicted molar refractivity (Wildman–Crippen MR) is 125 cm³/mol. The van der Waals surface area contributed by atoms with Crippen LogP contribution in [0.3, 0.4) is 0 Å². The van der Waals surface area contributed by atoms with Crippen LogP contribution < -0.4 is 4.90 Å². The highest BCUT2D eigenvalue weighted by Crippen LogP contribution is 2.29. The molecule has 0 saturated carbocycles. The number of benzene rings is 2. The SMILES string of the molecule is CC(=O)c1ccc(N2CCN(C(=O)COC(=O)c3ccc(-c4ccccc4Cl)o3)CC2)c(F)c1. The highest BCUT2D eigenvalue weighted by atomic mass is 35.5. The van der Waals surface area contributed by atoms with Gasteiger partial charge >= 0.3 is 5.97 Å². The Morgan fingerprint density at radius 2 is 1.76 bits per heavy atom. The molecule has 4 rings (SSSR count). The van der Waals surface area contributed by atoms with Crippen molar-refractivity contribution >= 4 is 34.9 Å². The van der Waals surface area contributed by atoms with Gasteiger partial charge in [0, 0.05) is 37.3 Å². The third kappa shape index (κ3) is 5.12. The first-order valence-corrected chi connectivity index (χ1v) is 11.1. The second-order valence-electron chi connectivity index (χ2n) is 7.81. The molecule has 9 heteroatoms. The minimum absolute atomic E-state index is 0.0305. The lowest BCUT2D eigenvalue weighted by atomic mass is 10.1. The topological polar surface area (TPSA) is 80.1 Å². The quantitative estimate of drug-likeness (QED) is 0.380. The van der Waals surface area contributed by atoms with Crippen molar-refractivity contribution < 1.29 is 27.9 Å². The second-order valence-corrected chi connectivity index (χ2v) is 8.22. The summed E-state index contributed by atoms with van der Waals surface area (Å²) >= 11 is 6.15. The van der Waals surface area contributed by atoms with Crippen LogP contribution in [0.5, 0.6) is 0 Å². The van der Waals surface area contributed by atoms with Crippen LogP contribution >= 0.6 is 11.6 Å². The van der Waals surface area contributed by atoms with Crippen LogP contribution in [0.25, 0.3) is 11.3 Å². The van der Waals surface area contributed by atoms with Gasteiger partial charge in [-0.3, -0.25) is 9.59 Å². The van der Waals surface area contributed by atoms with Crippen molar-refractivity contribution in [3.63, 3.8) is 0 Å². The normalized spacial score (nSPS) is 13.6. The molecule has 2 aromatic carbocycles. The van der Waals surface area contributed by atoms with Crippen LogP contribution in [0.2, 0.25) is 5.02 Å². The van der Waals surface area contributed by atoms with Crippen molar-refractivity contribution in [2.75, 3.05) is 37.7 Å². The van der Waals surface area contributed by atoms with Gasteiger partial charge in [0.05, 0.1) is 10.7 Å². The summed E-state index contributed by atoms with van der Waals surface area (Å²) in [7, 11) is 0. The van der Waals surface area contributed by atoms with E-state index in [2.05, 4.69) is 0 Å². The van der Waals surface area contributed by atoms with Crippen LogP contribution in [0.15, 0.2) is 59.0 Å². The van der Waals surface area contributed by atoms with Crippen molar-refractivity contribution in [1.82, 2.24) is 4.90 Å². The molecular formula is C25H22ClFN2O5. The van der Waals surface area contributed by atoms with E-state index >= 15 is 0 Å². The van der Waals surface area contributed by atoms with E-state index in [1.165, 1.54) is 19.1 Å². The molecule has 1 aliphatic rings. The molecule has 0 bridgehead atoms. The molecule has 1 aromatic heterocycles. The van der Waals surface area contributed by atoms with Crippen molar-refractivity contribution in [3.8, 4) is 11.3 Å². The van der Waals surface area contributed by atoms with Gasteiger partial charge in [-0.15, -0.1) is 0 Å². The first-order valence-electron chi connectivity index (χ1n) is 10.7. The highest BCUT2D eigenvalue weighted by Gasteiger charge is 2.24. The predicted octanol–water partition coefficient (Wildman–Crippen LogP) is 4.45. The molecule has 34 heavy (non-hydrogen) atoms. The molecule has 176 valence electrons. The van der Waals surface area contributed by atoms with Crippen molar-refractivity contribution in [2.45, 2.75) is 6.92 Å². The van der Waals surface area contributed by atoms with Gasteiger partial charge < -0.3 is 19.0 Å². The Morgan fingerprint density at radius 1 is 1.03 bits per heavy atom. The third-order valence-electron chi connectivity index (χ3n) is 5.60. The number of halogens is 2. The number of carbonyl (C=O) groups is 3. The number of nitrogens with zero attached hydrogens (tertiary/aromatic N) is 2. The van der Waals surface area contributed by atoms with E-state index in [1.54, 1.807) is 47.4 Å². The Morgan fingerprint density at radius 3 is 2.44 bits per heavy atom. The van der Waals surface area contributed by atoms with Crippen LogP contribution in [0, 0.1) is 5.82 Å². The average molecular weight is 485 g/mol. The number of carbonyl (C=O) groups excluding carboxylic acids is 3. The van der Waals surface area contributed by atoms with Gasteiger partial charge in [0.15, 0.2) is 12.4 Å². The second kappa shape index (κ2) is 10.1.